The highest BCUT2D eigenvalue weighted by Gasteiger charge is 2.37. The number of aromatic nitrogens is 2. The summed E-state index contributed by atoms with van der Waals surface area (Å²) in [7, 11) is 0. The molecule has 168 valence electrons. The Bertz CT molecular complexity index is 1050. The molecule has 0 saturated carbocycles. The van der Waals surface area contributed by atoms with Gasteiger partial charge in [-0.15, -0.1) is 0 Å². The van der Waals surface area contributed by atoms with E-state index in [0.29, 0.717) is 17.8 Å². The highest BCUT2D eigenvalue weighted by atomic mass is 16.2. The Hall–Kier alpha value is -2.68. The first kappa shape index (κ1) is 22.5. The van der Waals surface area contributed by atoms with E-state index in [-0.39, 0.29) is 17.7 Å². The molecule has 1 heterocycles. The highest BCUT2D eigenvalue weighted by molar-refractivity contribution is 5.87. The fraction of sp³-hybridized carbons (Fsp3) is 0.448. The van der Waals surface area contributed by atoms with Crippen LogP contribution in [-0.2, 0) is 0 Å². The zero-order valence-corrected chi connectivity index (χ0v) is 20.1. The van der Waals surface area contributed by atoms with Gasteiger partial charge < -0.3 is 0 Å². The molecule has 3 aromatic rings. The van der Waals surface area contributed by atoms with Crippen molar-refractivity contribution in [2.24, 2.45) is 11.8 Å². The molecule has 0 amide bonds. The van der Waals surface area contributed by atoms with Crippen LogP contribution < -0.4 is 0 Å². The molecule has 0 bridgehead atoms. The van der Waals surface area contributed by atoms with Gasteiger partial charge in [0.25, 0.3) is 5.91 Å². The predicted octanol–water partition coefficient (Wildman–Crippen LogP) is 7.66. The maximum atomic E-state index is 14.0. The first-order valence-electron chi connectivity index (χ1n) is 12.2. The van der Waals surface area contributed by atoms with Crippen molar-refractivity contribution in [2.75, 3.05) is 0 Å². The van der Waals surface area contributed by atoms with Gasteiger partial charge in [0.1, 0.15) is 0 Å². The zero-order valence-electron chi connectivity index (χ0n) is 20.1. The summed E-state index contributed by atoms with van der Waals surface area (Å²) in [6.45, 7) is 11.1. The largest absolute Gasteiger partial charge is 0.272 e. The number of carbonyl (C=O) groups is 1. The molecule has 0 radical (unpaired) electrons. The maximum absolute atomic E-state index is 14.0. The monoisotopic (exact) mass is 428 g/mol. The van der Waals surface area contributed by atoms with Gasteiger partial charge in [0, 0.05) is 23.0 Å². The van der Waals surface area contributed by atoms with E-state index in [2.05, 4.69) is 83.1 Å². The van der Waals surface area contributed by atoms with Crippen molar-refractivity contribution in [3.8, 4) is 11.3 Å². The molecular weight excluding hydrogens is 392 g/mol. The van der Waals surface area contributed by atoms with Crippen LogP contribution in [0.3, 0.4) is 0 Å². The fourth-order valence-corrected chi connectivity index (χ4v) is 5.54. The molecule has 32 heavy (non-hydrogen) atoms. The van der Waals surface area contributed by atoms with Gasteiger partial charge in [0.2, 0.25) is 0 Å². The van der Waals surface area contributed by atoms with Crippen LogP contribution in [-0.4, -0.2) is 15.7 Å². The Balaban J connectivity index is 1.85. The van der Waals surface area contributed by atoms with E-state index in [1.54, 1.807) is 4.68 Å². The minimum atomic E-state index is -0.154. The van der Waals surface area contributed by atoms with Crippen molar-refractivity contribution in [3.63, 3.8) is 0 Å². The third kappa shape index (κ3) is 4.05. The van der Waals surface area contributed by atoms with Gasteiger partial charge in [-0.1, -0.05) is 95.3 Å². The van der Waals surface area contributed by atoms with E-state index in [9.17, 15) is 4.79 Å². The molecule has 0 spiro atoms. The van der Waals surface area contributed by atoms with Crippen molar-refractivity contribution in [1.82, 2.24) is 9.78 Å². The smallest absolute Gasteiger partial charge is 0.250 e. The third-order valence-corrected chi connectivity index (χ3v) is 7.43. The molecule has 0 N–H and O–H groups in total. The van der Waals surface area contributed by atoms with Crippen LogP contribution in [0.5, 0.6) is 0 Å². The summed E-state index contributed by atoms with van der Waals surface area (Å²) in [6, 6.07) is 20.8. The van der Waals surface area contributed by atoms with E-state index in [1.807, 2.05) is 12.1 Å². The molecule has 3 nitrogen and oxygen atoms in total. The summed E-state index contributed by atoms with van der Waals surface area (Å²) < 4.78 is 1.77. The standard InChI is InChI=1S/C29H36N2O/c1-6-24(22-13-9-7-10-14-22)21(5)29(32)31-28(23-15-11-8-12-16-23)26-20(4)17-18-25(19(2)3)27(26)30-31/h7-16,19-21,24-25H,6,17-18H2,1-5H3/t20-,21?,24?,25+/m1/s1. The Morgan fingerprint density at radius 2 is 1.62 bits per heavy atom. The van der Waals surface area contributed by atoms with Gasteiger partial charge >= 0.3 is 0 Å². The molecule has 1 aromatic heterocycles. The molecule has 2 unspecified atom stereocenters. The van der Waals surface area contributed by atoms with Crippen LogP contribution in [0.15, 0.2) is 60.7 Å². The van der Waals surface area contributed by atoms with Gasteiger partial charge in [-0.2, -0.15) is 9.78 Å². The van der Waals surface area contributed by atoms with Gasteiger partial charge in [0.05, 0.1) is 11.4 Å². The lowest BCUT2D eigenvalue weighted by Crippen LogP contribution is -2.26. The minimum Gasteiger partial charge on any atom is -0.272 e. The molecule has 2 aromatic carbocycles. The second-order valence-corrected chi connectivity index (χ2v) is 9.81. The predicted molar refractivity (Wildman–Crippen MR) is 132 cm³/mol. The van der Waals surface area contributed by atoms with Crippen LogP contribution >= 0.6 is 0 Å². The Labute approximate surface area is 192 Å². The number of hydrogen-bond acceptors (Lipinski definition) is 2. The molecular formula is C29H36N2O. The summed E-state index contributed by atoms with van der Waals surface area (Å²) >= 11 is 0. The summed E-state index contributed by atoms with van der Waals surface area (Å²) in [5.41, 5.74) is 5.76. The molecule has 1 aliphatic rings. The van der Waals surface area contributed by atoms with Crippen LogP contribution in [0.25, 0.3) is 11.3 Å². The first-order chi connectivity index (χ1) is 15.4. The van der Waals surface area contributed by atoms with E-state index in [0.717, 1.165) is 36.2 Å². The normalized spacial score (nSPS) is 20.1. The third-order valence-electron chi connectivity index (χ3n) is 7.43. The maximum Gasteiger partial charge on any atom is 0.250 e. The van der Waals surface area contributed by atoms with Crippen molar-refractivity contribution in [1.29, 1.82) is 0 Å². The molecule has 0 aliphatic heterocycles. The minimum absolute atomic E-state index is 0.101. The Morgan fingerprint density at radius 1 is 1.00 bits per heavy atom. The number of rotatable bonds is 6. The van der Waals surface area contributed by atoms with Gasteiger partial charge in [-0.25, -0.2) is 0 Å². The molecule has 4 rings (SSSR count). The number of fused-ring (bicyclic) bond motifs is 1. The lowest BCUT2D eigenvalue weighted by atomic mass is 9.75. The van der Waals surface area contributed by atoms with Gasteiger partial charge in [-0.05, 0) is 42.6 Å². The van der Waals surface area contributed by atoms with E-state index < -0.39 is 0 Å². The van der Waals surface area contributed by atoms with E-state index in [4.69, 9.17) is 5.10 Å². The van der Waals surface area contributed by atoms with Crippen LogP contribution in [0.2, 0.25) is 0 Å². The number of carbonyl (C=O) groups excluding carboxylic acids is 1. The van der Waals surface area contributed by atoms with Crippen molar-refractivity contribution in [2.45, 2.75) is 71.6 Å². The Morgan fingerprint density at radius 3 is 2.22 bits per heavy atom. The summed E-state index contributed by atoms with van der Waals surface area (Å²) in [4.78, 5) is 14.0. The van der Waals surface area contributed by atoms with Crippen molar-refractivity contribution < 1.29 is 4.79 Å². The van der Waals surface area contributed by atoms with Crippen LogP contribution in [0.4, 0.5) is 0 Å². The van der Waals surface area contributed by atoms with Gasteiger partial charge in [0.15, 0.2) is 0 Å². The van der Waals surface area contributed by atoms with E-state index >= 15 is 0 Å². The zero-order chi connectivity index (χ0) is 22.8. The summed E-state index contributed by atoms with van der Waals surface area (Å²) in [5.74, 6) is 1.44. The second kappa shape index (κ2) is 9.44. The van der Waals surface area contributed by atoms with E-state index in [1.165, 1.54) is 11.1 Å². The molecule has 0 saturated heterocycles. The number of benzene rings is 2. The Kier molecular flexibility index (Phi) is 6.64. The summed E-state index contributed by atoms with van der Waals surface area (Å²) in [5, 5.41) is 5.08. The van der Waals surface area contributed by atoms with Crippen LogP contribution in [0.1, 0.15) is 93.3 Å². The molecule has 1 aliphatic carbocycles. The topological polar surface area (TPSA) is 34.9 Å². The number of hydrogen-bond donors (Lipinski definition) is 0. The highest BCUT2D eigenvalue weighted by Crippen LogP contribution is 2.46. The lowest BCUT2D eigenvalue weighted by molar-refractivity contribution is 0.0808. The quantitative estimate of drug-likeness (QED) is 0.404. The number of nitrogens with zero attached hydrogens (tertiary/aromatic N) is 2. The fourth-order valence-electron chi connectivity index (χ4n) is 5.54. The summed E-state index contributed by atoms with van der Waals surface area (Å²) in [6.07, 6.45) is 3.21. The molecule has 4 atom stereocenters. The second-order valence-electron chi connectivity index (χ2n) is 9.81. The van der Waals surface area contributed by atoms with Crippen molar-refractivity contribution >= 4 is 5.91 Å². The molecule has 3 heteroatoms. The van der Waals surface area contributed by atoms with Crippen molar-refractivity contribution in [3.05, 3.63) is 77.5 Å². The first-order valence-corrected chi connectivity index (χ1v) is 12.2. The van der Waals surface area contributed by atoms with Gasteiger partial charge in [-0.3, -0.25) is 4.79 Å². The van der Waals surface area contributed by atoms with Crippen LogP contribution in [0, 0.1) is 11.8 Å². The molecule has 0 fully saturated rings. The average Bonchev–Trinajstić information content (AvgIpc) is 3.21. The SMILES string of the molecule is CCC(c1ccccc1)C(C)C(=O)n1nc2c(c1-c1ccccc1)[C@H](C)CC[C@H]2C(C)C. The average molecular weight is 429 g/mol. The lowest BCUT2D eigenvalue weighted by Gasteiger charge is -2.29.